The number of hydrogen-bond donors (Lipinski definition) is 0. The molecule has 34 heavy (non-hydrogen) atoms. The molecule has 2 aromatic heterocycles. The van der Waals surface area contributed by atoms with E-state index in [0.717, 1.165) is 27.5 Å². The van der Waals surface area contributed by atoms with Crippen LogP contribution in [0, 0.1) is 13.8 Å². The summed E-state index contributed by atoms with van der Waals surface area (Å²) in [5.41, 5.74) is 3.87. The van der Waals surface area contributed by atoms with Gasteiger partial charge in [0.05, 0.1) is 16.3 Å². The van der Waals surface area contributed by atoms with Gasteiger partial charge in [0, 0.05) is 12.3 Å². The fourth-order valence-corrected chi connectivity index (χ4v) is 5.03. The van der Waals surface area contributed by atoms with E-state index in [1.165, 1.54) is 23.5 Å². The Morgan fingerprint density at radius 2 is 1.68 bits per heavy atom. The highest BCUT2D eigenvalue weighted by Gasteiger charge is 2.35. The van der Waals surface area contributed by atoms with Crippen LogP contribution >= 0.6 is 23.5 Å². The second-order valence-corrected chi connectivity index (χ2v) is 9.78. The minimum absolute atomic E-state index is 0.130. The molecule has 168 valence electrons. The van der Waals surface area contributed by atoms with Gasteiger partial charge in [0.1, 0.15) is 10.8 Å². The number of carbonyl (C=O) groups is 1. The molecular formula is C27H21N3O2S2. The van der Waals surface area contributed by atoms with Crippen LogP contribution in [0.4, 0.5) is 11.4 Å². The lowest BCUT2D eigenvalue weighted by atomic mass is 10.2. The first kappa shape index (κ1) is 22.3. The summed E-state index contributed by atoms with van der Waals surface area (Å²) >= 11 is 2.78. The lowest BCUT2D eigenvalue weighted by Gasteiger charge is -2.16. The lowest BCUT2D eigenvalue weighted by molar-refractivity contribution is -0.113. The maximum absolute atomic E-state index is 13.4. The normalized spacial score (nSPS) is 16.1. The van der Waals surface area contributed by atoms with E-state index in [1.807, 2.05) is 92.7 Å². The molecule has 0 radical (unpaired) electrons. The number of amides is 1. The molecule has 0 N–H and O–H groups in total. The van der Waals surface area contributed by atoms with Crippen LogP contribution in [0.3, 0.4) is 0 Å². The largest absolute Gasteiger partial charge is 0.450 e. The van der Waals surface area contributed by atoms with Gasteiger partial charge in [0.25, 0.3) is 5.91 Å². The number of aryl methyl sites for hydroxylation is 2. The molecule has 0 bridgehead atoms. The van der Waals surface area contributed by atoms with Gasteiger partial charge in [-0.05, 0) is 85.9 Å². The van der Waals surface area contributed by atoms with Gasteiger partial charge >= 0.3 is 0 Å². The van der Waals surface area contributed by atoms with E-state index in [-0.39, 0.29) is 5.91 Å². The molecule has 1 saturated heterocycles. The Kier molecular flexibility index (Phi) is 6.38. The predicted molar refractivity (Wildman–Crippen MR) is 140 cm³/mol. The van der Waals surface area contributed by atoms with Gasteiger partial charge in [-0.1, -0.05) is 41.5 Å². The number of hydrogen-bond acceptors (Lipinski definition) is 6. The van der Waals surface area contributed by atoms with Gasteiger partial charge in [0.2, 0.25) is 0 Å². The first-order valence-electron chi connectivity index (χ1n) is 10.7. The van der Waals surface area contributed by atoms with Crippen molar-refractivity contribution < 1.29 is 9.21 Å². The molecule has 1 aliphatic rings. The smallest absolute Gasteiger partial charge is 0.271 e. The van der Waals surface area contributed by atoms with Crippen molar-refractivity contribution in [2.24, 2.45) is 4.99 Å². The highest BCUT2D eigenvalue weighted by Crippen LogP contribution is 2.38. The summed E-state index contributed by atoms with van der Waals surface area (Å²) in [6.45, 7) is 4.06. The zero-order valence-electron chi connectivity index (χ0n) is 18.6. The quantitative estimate of drug-likeness (QED) is 0.280. The summed E-state index contributed by atoms with van der Waals surface area (Å²) in [6.07, 6.45) is 3.52. The molecule has 1 aliphatic heterocycles. The summed E-state index contributed by atoms with van der Waals surface area (Å²) in [6, 6.07) is 25.3. The van der Waals surface area contributed by atoms with Crippen LogP contribution in [0.25, 0.3) is 6.08 Å². The molecule has 0 unspecified atom stereocenters. The van der Waals surface area contributed by atoms with Gasteiger partial charge < -0.3 is 4.42 Å². The third kappa shape index (κ3) is 5.00. The monoisotopic (exact) mass is 483 g/mol. The van der Waals surface area contributed by atoms with Gasteiger partial charge in [0.15, 0.2) is 10.3 Å². The van der Waals surface area contributed by atoms with E-state index in [4.69, 9.17) is 9.41 Å². The van der Waals surface area contributed by atoms with Crippen molar-refractivity contribution in [1.29, 1.82) is 0 Å². The van der Waals surface area contributed by atoms with Gasteiger partial charge in [-0.2, -0.15) is 0 Å². The van der Waals surface area contributed by atoms with Crippen LogP contribution in [0.1, 0.15) is 16.9 Å². The third-order valence-electron chi connectivity index (χ3n) is 5.08. The number of aromatic nitrogens is 1. The molecule has 1 fully saturated rings. The molecular weight excluding hydrogens is 462 g/mol. The minimum Gasteiger partial charge on any atom is -0.450 e. The van der Waals surface area contributed by atoms with Crippen molar-refractivity contribution in [3.8, 4) is 0 Å². The molecule has 5 nitrogen and oxygen atoms in total. The van der Waals surface area contributed by atoms with E-state index in [1.54, 1.807) is 17.2 Å². The SMILES string of the molecule is Cc1ccc(N=C2S/C(=C\c3ccc(Sc4ccccn4)o3)C(=O)N2c2ccc(C)cc2)cc1. The summed E-state index contributed by atoms with van der Waals surface area (Å²) in [5.74, 6) is 0.477. The first-order valence-corrected chi connectivity index (χ1v) is 12.3. The highest BCUT2D eigenvalue weighted by molar-refractivity contribution is 8.19. The number of benzene rings is 2. The Morgan fingerprint density at radius 1 is 0.941 bits per heavy atom. The van der Waals surface area contributed by atoms with Crippen LogP contribution in [-0.2, 0) is 4.79 Å². The molecule has 0 spiro atoms. The maximum Gasteiger partial charge on any atom is 0.271 e. The number of anilines is 1. The Hall–Kier alpha value is -3.55. The summed E-state index contributed by atoms with van der Waals surface area (Å²) < 4.78 is 5.94. The Balaban J connectivity index is 1.46. The van der Waals surface area contributed by atoms with Crippen molar-refractivity contribution in [1.82, 2.24) is 4.98 Å². The minimum atomic E-state index is -0.130. The fourth-order valence-electron chi connectivity index (χ4n) is 3.31. The maximum atomic E-state index is 13.4. The second kappa shape index (κ2) is 9.75. The molecule has 3 heterocycles. The standard InChI is InChI=1S/C27H21N3O2S2/c1-18-6-10-20(11-7-18)29-27-30(21-12-8-19(2)9-13-21)26(31)23(33-27)17-22-14-15-25(32-22)34-24-5-3-4-16-28-24/h3-17H,1-2H3/b23-17-,29-27?. The zero-order valence-corrected chi connectivity index (χ0v) is 20.3. The fraction of sp³-hybridized carbons (Fsp3) is 0.0741. The second-order valence-electron chi connectivity index (χ2n) is 7.74. The first-order chi connectivity index (χ1) is 16.5. The van der Waals surface area contributed by atoms with Crippen molar-refractivity contribution >= 4 is 52.0 Å². The summed E-state index contributed by atoms with van der Waals surface area (Å²) in [7, 11) is 0. The number of pyridine rings is 1. The van der Waals surface area contributed by atoms with Crippen LogP contribution in [-0.4, -0.2) is 16.1 Å². The molecule has 5 rings (SSSR count). The number of furan rings is 1. The number of rotatable bonds is 5. The van der Waals surface area contributed by atoms with Gasteiger partial charge in [-0.15, -0.1) is 0 Å². The summed E-state index contributed by atoms with van der Waals surface area (Å²) in [4.78, 5) is 24.7. The van der Waals surface area contributed by atoms with Crippen LogP contribution in [0.2, 0.25) is 0 Å². The van der Waals surface area contributed by atoms with Crippen LogP contribution in [0.5, 0.6) is 0 Å². The Labute approximate surface area is 206 Å². The Morgan fingerprint density at radius 3 is 2.38 bits per heavy atom. The summed E-state index contributed by atoms with van der Waals surface area (Å²) in [5, 5.41) is 2.17. The molecule has 0 atom stereocenters. The molecule has 0 saturated carbocycles. The van der Waals surface area contributed by atoms with E-state index >= 15 is 0 Å². The number of carbonyl (C=O) groups excluding carboxylic acids is 1. The number of nitrogens with zero attached hydrogens (tertiary/aromatic N) is 3. The molecule has 0 aliphatic carbocycles. The average molecular weight is 484 g/mol. The highest BCUT2D eigenvalue weighted by atomic mass is 32.2. The Bertz CT molecular complexity index is 1380. The van der Waals surface area contributed by atoms with E-state index < -0.39 is 0 Å². The van der Waals surface area contributed by atoms with E-state index in [2.05, 4.69) is 4.98 Å². The topological polar surface area (TPSA) is 58.7 Å². The number of thioether (sulfide) groups is 1. The van der Waals surface area contributed by atoms with E-state index in [0.29, 0.717) is 20.9 Å². The molecule has 7 heteroatoms. The van der Waals surface area contributed by atoms with E-state index in [9.17, 15) is 4.79 Å². The van der Waals surface area contributed by atoms with Crippen LogP contribution in [0.15, 0.2) is 109 Å². The lowest BCUT2D eigenvalue weighted by Crippen LogP contribution is -2.28. The molecule has 1 amide bonds. The number of amidine groups is 1. The van der Waals surface area contributed by atoms with Crippen molar-refractivity contribution in [3.63, 3.8) is 0 Å². The van der Waals surface area contributed by atoms with Crippen LogP contribution < -0.4 is 4.90 Å². The third-order valence-corrected chi connectivity index (χ3v) is 6.92. The molecule has 4 aromatic rings. The number of aliphatic imine (C=N–C) groups is 1. The zero-order chi connectivity index (χ0) is 23.5. The van der Waals surface area contributed by atoms with Crippen molar-refractivity contribution in [3.05, 3.63) is 107 Å². The molecule has 2 aromatic carbocycles. The van der Waals surface area contributed by atoms with Gasteiger partial charge in [-0.25, -0.2) is 9.98 Å². The predicted octanol–water partition coefficient (Wildman–Crippen LogP) is 7.25. The van der Waals surface area contributed by atoms with Crippen molar-refractivity contribution in [2.45, 2.75) is 24.0 Å². The van der Waals surface area contributed by atoms with Gasteiger partial charge in [-0.3, -0.25) is 9.69 Å². The average Bonchev–Trinajstić information content (AvgIpc) is 3.40. The van der Waals surface area contributed by atoms with Crippen molar-refractivity contribution in [2.75, 3.05) is 4.90 Å².